The van der Waals surface area contributed by atoms with Gasteiger partial charge in [0.1, 0.15) is 0 Å². The molecule has 5 heteroatoms. The molecule has 2 heterocycles. The van der Waals surface area contributed by atoms with Crippen LogP contribution in [0.2, 0.25) is 0 Å². The third-order valence-electron chi connectivity index (χ3n) is 3.95. The fourth-order valence-corrected chi connectivity index (χ4v) is 3.33. The number of nitrogens with zero attached hydrogens (tertiary/aromatic N) is 2. The number of hydrogen-bond acceptors (Lipinski definition) is 4. The number of piperazine rings is 1. The van der Waals surface area contributed by atoms with E-state index in [0.717, 1.165) is 37.6 Å². The van der Waals surface area contributed by atoms with Crippen LogP contribution < -0.4 is 10.2 Å². The zero-order valence-corrected chi connectivity index (χ0v) is 13.4. The smallest absolute Gasteiger partial charge is 0.261 e. The van der Waals surface area contributed by atoms with Crippen molar-refractivity contribution in [2.24, 2.45) is 0 Å². The van der Waals surface area contributed by atoms with Crippen molar-refractivity contribution < 1.29 is 4.79 Å². The van der Waals surface area contributed by atoms with Crippen LogP contribution in [0.25, 0.3) is 0 Å². The third-order valence-corrected chi connectivity index (χ3v) is 4.82. The number of rotatable bonds is 5. The summed E-state index contributed by atoms with van der Waals surface area (Å²) in [5.41, 5.74) is 1.30. The van der Waals surface area contributed by atoms with Crippen LogP contribution in [0.3, 0.4) is 0 Å². The second-order valence-electron chi connectivity index (χ2n) is 5.40. The van der Waals surface area contributed by atoms with Crippen LogP contribution in [0.4, 0.5) is 5.69 Å². The Morgan fingerprint density at radius 3 is 2.50 bits per heavy atom. The van der Waals surface area contributed by atoms with Crippen molar-refractivity contribution in [2.75, 3.05) is 44.2 Å². The van der Waals surface area contributed by atoms with Gasteiger partial charge < -0.3 is 10.2 Å². The highest BCUT2D eigenvalue weighted by atomic mass is 32.1. The Balaban J connectivity index is 1.38. The molecule has 1 saturated heterocycles. The van der Waals surface area contributed by atoms with Gasteiger partial charge in [-0.15, -0.1) is 11.3 Å². The maximum Gasteiger partial charge on any atom is 0.261 e. The molecule has 1 amide bonds. The molecule has 2 aromatic rings. The number of amides is 1. The van der Waals surface area contributed by atoms with Gasteiger partial charge in [-0.05, 0) is 23.6 Å². The summed E-state index contributed by atoms with van der Waals surface area (Å²) < 4.78 is 0. The SMILES string of the molecule is O=C(NCCN1CCN(c2ccccc2)CC1)c1cccs1. The molecule has 1 aromatic carbocycles. The monoisotopic (exact) mass is 315 g/mol. The predicted molar refractivity (Wildman–Crippen MR) is 91.7 cm³/mol. The van der Waals surface area contributed by atoms with Crippen LogP contribution in [-0.4, -0.2) is 50.1 Å². The van der Waals surface area contributed by atoms with Gasteiger partial charge in [0.05, 0.1) is 4.88 Å². The van der Waals surface area contributed by atoms with E-state index in [1.807, 2.05) is 17.5 Å². The highest BCUT2D eigenvalue weighted by Gasteiger charge is 2.16. The minimum atomic E-state index is 0.0397. The topological polar surface area (TPSA) is 35.6 Å². The molecular formula is C17H21N3OS. The fourth-order valence-electron chi connectivity index (χ4n) is 2.69. The number of benzene rings is 1. The third kappa shape index (κ3) is 3.87. The normalized spacial score (nSPS) is 15.7. The Labute approximate surface area is 135 Å². The van der Waals surface area contributed by atoms with Gasteiger partial charge in [0.15, 0.2) is 0 Å². The number of thiophene rings is 1. The van der Waals surface area contributed by atoms with E-state index in [9.17, 15) is 4.79 Å². The number of nitrogens with one attached hydrogen (secondary N) is 1. The first-order valence-corrected chi connectivity index (χ1v) is 8.55. The molecule has 1 fully saturated rings. The van der Waals surface area contributed by atoms with E-state index in [0.29, 0.717) is 6.54 Å². The number of anilines is 1. The molecule has 0 radical (unpaired) electrons. The predicted octanol–water partition coefficient (Wildman–Crippen LogP) is 2.30. The molecule has 4 nitrogen and oxygen atoms in total. The second-order valence-corrected chi connectivity index (χ2v) is 6.35. The average molecular weight is 315 g/mol. The van der Waals surface area contributed by atoms with Gasteiger partial charge >= 0.3 is 0 Å². The molecule has 116 valence electrons. The summed E-state index contributed by atoms with van der Waals surface area (Å²) in [5, 5.41) is 4.92. The van der Waals surface area contributed by atoms with Crippen molar-refractivity contribution >= 4 is 22.9 Å². The van der Waals surface area contributed by atoms with Gasteiger partial charge in [-0.2, -0.15) is 0 Å². The molecule has 1 N–H and O–H groups in total. The molecule has 1 aliphatic rings. The molecular weight excluding hydrogens is 294 g/mol. The number of hydrogen-bond donors (Lipinski definition) is 1. The molecule has 22 heavy (non-hydrogen) atoms. The van der Waals surface area contributed by atoms with Gasteiger partial charge in [-0.3, -0.25) is 9.69 Å². The van der Waals surface area contributed by atoms with E-state index in [4.69, 9.17) is 0 Å². The Hall–Kier alpha value is -1.85. The van der Waals surface area contributed by atoms with Crippen LogP contribution in [0.5, 0.6) is 0 Å². The summed E-state index contributed by atoms with van der Waals surface area (Å²) in [6.45, 7) is 5.81. The average Bonchev–Trinajstić information content (AvgIpc) is 3.11. The van der Waals surface area contributed by atoms with Crippen LogP contribution in [0.15, 0.2) is 47.8 Å². The quantitative estimate of drug-likeness (QED) is 0.919. The standard InChI is InChI=1S/C17H21N3OS/c21-17(16-7-4-14-22-16)18-8-9-19-10-12-20(13-11-19)15-5-2-1-3-6-15/h1-7,14H,8-13H2,(H,18,21). The van der Waals surface area contributed by atoms with E-state index in [1.54, 1.807) is 0 Å². The van der Waals surface area contributed by atoms with Crippen molar-refractivity contribution in [3.05, 3.63) is 52.7 Å². The molecule has 0 saturated carbocycles. The molecule has 0 aliphatic carbocycles. The fraction of sp³-hybridized carbons (Fsp3) is 0.353. The van der Waals surface area contributed by atoms with Crippen molar-refractivity contribution in [1.82, 2.24) is 10.2 Å². The van der Waals surface area contributed by atoms with E-state index in [1.165, 1.54) is 17.0 Å². The van der Waals surface area contributed by atoms with Gasteiger partial charge in [0, 0.05) is 45.0 Å². The molecule has 0 atom stereocenters. The molecule has 0 bridgehead atoms. The molecule has 1 aliphatic heterocycles. The minimum absolute atomic E-state index is 0.0397. The first-order valence-electron chi connectivity index (χ1n) is 7.67. The summed E-state index contributed by atoms with van der Waals surface area (Å²) in [5.74, 6) is 0.0397. The Bertz CT molecular complexity index is 577. The van der Waals surface area contributed by atoms with E-state index in [2.05, 4.69) is 45.4 Å². The first kappa shape index (κ1) is 15.1. The largest absolute Gasteiger partial charge is 0.369 e. The second kappa shape index (κ2) is 7.42. The highest BCUT2D eigenvalue weighted by molar-refractivity contribution is 7.12. The van der Waals surface area contributed by atoms with Gasteiger partial charge in [0.25, 0.3) is 5.91 Å². The minimum Gasteiger partial charge on any atom is -0.369 e. The highest BCUT2D eigenvalue weighted by Crippen LogP contribution is 2.15. The first-order chi connectivity index (χ1) is 10.8. The number of para-hydroxylation sites is 1. The lowest BCUT2D eigenvalue weighted by Gasteiger charge is -2.36. The van der Waals surface area contributed by atoms with Crippen LogP contribution in [0, 0.1) is 0 Å². The van der Waals surface area contributed by atoms with Gasteiger partial charge in [-0.1, -0.05) is 24.3 Å². The van der Waals surface area contributed by atoms with Crippen molar-refractivity contribution in [3.63, 3.8) is 0 Å². The van der Waals surface area contributed by atoms with Crippen molar-refractivity contribution in [1.29, 1.82) is 0 Å². The summed E-state index contributed by atoms with van der Waals surface area (Å²) in [4.78, 5) is 17.5. The van der Waals surface area contributed by atoms with Gasteiger partial charge in [-0.25, -0.2) is 0 Å². The van der Waals surface area contributed by atoms with Crippen LogP contribution in [-0.2, 0) is 0 Å². The van der Waals surface area contributed by atoms with Crippen LogP contribution >= 0.6 is 11.3 Å². The lowest BCUT2D eigenvalue weighted by atomic mass is 10.2. The summed E-state index contributed by atoms with van der Waals surface area (Å²) in [6, 6.07) is 14.3. The Morgan fingerprint density at radius 1 is 1.05 bits per heavy atom. The van der Waals surface area contributed by atoms with E-state index in [-0.39, 0.29) is 5.91 Å². The van der Waals surface area contributed by atoms with E-state index >= 15 is 0 Å². The molecule has 0 unspecified atom stereocenters. The maximum absolute atomic E-state index is 11.9. The zero-order chi connectivity index (χ0) is 15.2. The van der Waals surface area contributed by atoms with Crippen molar-refractivity contribution in [3.8, 4) is 0 Å². The summed E-state index contributed by atoms with van der Waals surface area (Å²) in [7, 11) is 0. The van der Waals surface area contributed by atoms with Gasteiger partial charge in [0.2, 0.25) is 0 Å². The van der Waals surface area contributed by atoms with Crippen LogP contribution in [0.1, 0.15) is 9.67 Å². The number of carbonyl (C=O) groups excluding carboxylic acids is 1. The Kier molecular flexibility index (Phi) is 5.08. The molecule has 1 aromatic heterocycles. The van der Waals surface area contributed by atoms with E-state index < -0.39 is 0 Å². The lowest BCUT2D eigenvalue weighted by molar-refractivity contribution is 0.0952. The zero-order valence-electron chi connectivity index (χ0n) is 12.6. The lowest BCUT2D eigenvalue weighted by Crippen LogP contribution is -2.48. The summed E-state index contributed by atoms with van der Waals surface area (Å²) >= 11 is 1.48. The Morgan fingerprint density at radius 2 is 1.82 bits per heavy atom. The molecule has 0 spiro atoms. The number of carbonyl (C=O) groups is 1. The summed E-state index contributed by atoms with van der Waals surface area (Å²) in [6.07, 6.45) is 0. The molecule has 3 rings (SSSR count). The maximum atomic E-state index is 11.9. The van der Waals surface area contributed by atoms with Crippen molar-refractivity contribution in [2.45, 2.75) is 0 Å².